The molecule has 0 spiro atoms. The molecule has 0 aliphatic carbocycles. The first-order chi connectivity index (χ1) is 6.68. The molecule has 1 heterocycles. The summed E-state index contributed by atoms with van der Waals surface area (Å²) in [5.74, 6) is 0. The summed E-state index contributed by atoms with van der Waals surface area (Å²) in [7, 11) is 0. The van der Waals surface area contributed by atoms with Crippen molar-refractivity contribution in [1.29, 1.82) is 0 Å². The van der Waals surface area contributed by atoms with Crippen LogP contribution in [0.25, 0.3) is 0 Å². The van der Waals surface area contributed by atoms with Crippen molar-refractivity contribution in [2.24, 2.45) is 0 Å². The maximum atomic E-state index is 3.00. The zero-order chi connectivity index (χ0) is 10.4. The topological polar surface area (TPSA) is 15.8 Å². The van der Waals surface area contributed by atoms with Crippen molar-refractivity contribution in [2.45, 2.75) is 20.8 Å². The minimum atomic E-state index is 1.22. The van der Waals surface area contributed by atoms with Crippen molar-refractivity contribution in [1.82, 2.24) is 4.98 Å². The second-order valence-corrected chi connectivity index (χ2v) is 3.51. The highest BCUT2D eigenvalue weighted by Gasteiger charge is 1.80. The second-order valence-electron chi connectivity index (χ2n) is 3.51. The zero-order valence-electron chi connectivity index (χ0n) is 9.04. The molecule has 2 rings (SSSR count). The van der Waals surface area contributed by atoms with E-state index in [1.54, 1.807) is 0 Å². The van der Waals surface area contributed by atoms with E-state index in [1.807, 2.05) is 25.3 Å². The van der Waals surface area contributed by atoms with Gasteiger partial charge in [-0.15, -0.1) is 0 Å². The van der Waals surface area contributed by atoms with Gasteiger partial charge in [0.2, 0.25) is 0 Å². The highest BCUT2D eigenvalue weighted by molar-refractivity contribution is 5.20. The van der Waals surface area contributed by atoms with Crippen molar-refractivity contribution in [3.8, 4) is 0 Å². The second kappa shape index (κ2) is 5.28. The molecule has 0 saturated carbocycles. The Labute approximate surface area is 85.8 Å². The number of nitrogens with one attached hydrogen (secondary N) is 1. The molecule has 0 unspecified atom stereocenters. The number of hydrogen-bond acceptors (Lipinski definition) is 0. The number of H-pyrrole nitrogens is 1. The molecule has 2 aromatic rings. The Kier molecular flexibility index (Phi) is 3.99. The van der Waals surface area contributed by atoms with Gasteiger partial charge in [0.05, 0.1) is 0 Å². The van der Waals surface area contributed by atoms with E-state index < -0.39 is 0 Å². The summed E-state index contributed by atoms with van der Waals surface area (Å²) in [5, 5.41) is 0. The summed E-state index contributed by atoms with van der Waals surface area (Å²) in [4.78, 5) is 3.00. The number of rotatable bonds is 0. The molecule has 0 radical (unpaired) electrons. The van der Waals surface area contributed by atoms with Crippen LogP contribution in [0.3, 0.4) is 0 Å². The Bertz CT molecular complexity index is 343. The lowest BCUT2D eigenvalue weighted by molar-refractivity contribution is 1.27. The van der Waals surface area contributed by atoms with Crippen LogP contribution in [-0.2, 0) is 0 Å². The average Bonchev–Trinajstić information content (AvgIpc) is 2.56. The van der Waals surface area contributed by atoms with Crippen molar-refractivity contribution in [3.63, 3.8) is 0 Å². The van der Waals surface area contributed by atoms with Crippen molar-refractivity contribution in [3.05, 3.63) is 59.4 Å². The van der Waals surface area contributed by atoms with Crippen LogP contribution in [0.4, 0.5) is 0 Å². The molecule has 1 aromatic heterocycles. The Balaban J connectivity index is 0.000000146. The molecule has 14 heavy (non-hydrogen) atoms. The van der Waals surface area contributed by atoms with E-state index in [4.69, 9.17) is 0 Å². The van der Waals surface area contributed by atoms with Gasteiger partial charge in [0, 0.05) is 11.9 Å². The van der Waals surface area contributed by atoms with Crippen LogP contribution in [0, 0.1) is 20.8 Å². The summed E-state index contributed by atoms with van der Waals surface area (Å²) in [6.07, 6.45) is 1.91. The Hall–Kier alpha value is -1.50. The molecule has 0 aliphatic heterocycles. The van der Waals surface area contributed by atoms with E-state index in [0.717, 1.165) is 0 Å². The third-order valence-electron chi connectivity index (χ3n) is 1.93. The quantitative estimate of drug-likeness (QED) is 0.648. The van der Waals surface area contributed by atoms with E-state index in [0.29, 0.717) is 0 Å². The number of aromatic nitrogens is 1. The van der Waals surface area contributed by atoms with E-state index >= 15 is 0 Å². The third-order valence-corrected chi connectivity index (χ3v) is 1.93. The molecule has 74 valence electrons. The highest BCUT2D eigenvalue weighted by atomic mass is 14.7. The lowest BCUT2D eigenvalue weighted by Gasteiger charge is -1.90. The fourth-order valence-electron chi connectivity index (χ4n) is 1.23. The van der Waals surface area contributed by atoms with Gasteiger partial charge in [0.15, 0.2) is 0 Å². The van der Waals surface area contributed by atoms with E-state index in [9.17, 15) is 0 Å². The molecule has 1 N–H and O–H groups in total. The van der Waals surface area contributed by atoms with Gasteiger partial charge in [0.25, 0.3) is 0 Å². The average molecular weight is 187 g/mol. The normalized spacial score (nSPS) is 9.07. The van der Waals surface area contributed by atoms with Gasteiger partial charge in [-0.25, -0.2) is 0 Å². The highest BCUT2D eigenvalue weighted by Crippen LogP contribution is 2.00. The Morgan fingerprint density at radius 2 is 1.50 bits per heavy atom. The van der Waals surface area contributed by atoms with Crippen LogP contribution in [0.1, 0.15) is 16.8 Å². The monoisotopic (exact) mass is 187 g/mol. The first-order valence-electron chi connectivity index (χ1n) is 4.82. The number of benzene rings is 1. The predicted molar refractivity (Wildman–Crippen MR) is 61.4 cm³/mol. The van der Waals surface area contributed by atoms with Crippen LogP contribution in [0.15, 0.2) is 42.6 Å². The maximum absolute atomic E-state index is 3.00. The molecule has 0 saturated heterocycles. The lowest BCUT2D eigenvalue weighted by atomic mass is 10.2. The molecule has 1 aromatic carbocycles. The summed E-state index contributed by atoms with van der Waals surface area (Å²) >= 11 is 0. The molecule has 0 aliphatic rings. The number of hydrogen-bond donors (Lipinski definition) is 1. The SMILES string of the molecule is Cc1ccc[nH]1.Cc1cccc(C)c1. The smallest absolute Gasteiger partial charge is 0.0115 e. The molecule has 0 atom stereocenters. The summed E-state index contributed by atoms with van der Waals surface area (Å²) in [6, 6.07) is 12.5. The molecule has 0 bridgehead atoms. The fraction of sp³-hybridized carbons (Fsp3) is 0.231. The van der Waals surface area contributed by atoms with Gasteiger partial charge in [-0.2, -0.15) is 0 Å². The van der Waals surface area contributed by atoms with Crippen molar-refractivity contribution < 1.29 is 0 Å². The van der Waals surface area contributed by atoms with Crippen LogP contribution >= 0.6 is 0 Å². The van der Waals surface area contributed by atoms with Crippen LogP contribution < -0.4 is 0 Å². The molecule has 1 heteroatoms. The van der Waals surface area contributed by atoms with Crippen LogP contribution in [0.5, 0.6) is 0 Å². The van der Waals surface area contributed by atoms with Crippen LogP contribution in [-0.4, -0.2) is 4.98 Å². The standard InChI is InChI=1S/C8H10.C5H7N/c1-7-4-3-5-8(2)6-7;1-5-3-2-4-6-5/h3-6H,1-2H3;2-4,6H,1H3. The number of aromatic amines is 1. The summed E-state index contributed by atoms with van der Waals surface area (Å²) in [6.45, 7) is 6.24. The summed E-state index contributed by atoms with van der Waals surface area (Å²) < 4.78 is 0. The Morgan fingerprint density at radius 1 is 0.857 bits per heavy atom. The Morgan fingerprint density at radius 3 is 1.71 bits per heavy atom. The minimum absolute atomic E-state index is 1.22. The lowest BCUT2D eigenvalue weighted by Crippen LogP contribution is -1.71. The molecule has 0 fully saturated rings. The van der Waals surface area contributed by atoms with Gasteiger partial charge < -0.3 is 4.98 Å². The molecule has 0 amide bonds. The first-order valence-corrected chi connectivity index (χ1v) is 4.82. The van der Waals surface area contributed by atoms with Gasteiger partial charge >= 0.3 is 0 Å². The van der Waals surface area contributed by atoms with Gasteiger partial charge in [-0.3, -0.25) is 0 Å². The molecule has 1 nitrogen and oxygen atoms in total. The fourth-order valence-corrected chi connectivity index (χ4v) is 1.23. The number of aryl methyl sites for hydroxylation is 3. The van der Waals surface area contributed by atoms with Gasteiger partial charge in [-0.05, 0) is 32.9 Å². The minimum Gasteiger partial charge on any atom is -0.365 e. The van der Waals surface area contributed by atoms with Crippen molar-refractivity contribution in [2.75, 3.05) is 0 Å². The van der Waals surface area contributed by atoms with Crippen molar-refractivity contribution >= 4 is 0 Å². The molecular formula is C13H17N. The zero-order valence-corrected chi connectivity index (χ0v) is 9.04. The van der Waals surface area contributed by atoms with Crippen LogP contribution in [0.2, 0.25) is 0 Å². The van der Waals surface area contributed by atoms with Gasteiger partial charge in [0.1, 0.15) is 0 Å². The first kappa shape index (κ1) is 10.6. The van der Waals surface area contributed by atoms with E-state index in [-0.39, 0.29) is 0 Å². The molecular weight excluding hydrogens is 170 g/mol. The summed E-state index contributed by atoms with van der Waals surface area (Å²) in [5.41, 5.74) is 3.89. The predicted octanol–water partition coefficient (Wildman–Crippen LogP) is 3.63. The maximum Gasteiger partial charge on any atom is 0.0115 e. The third kappa shape index (κ3) is 3.94. The largest absolute Gasteiger partial charge is 0.365 e. The van der Waals surface area contributed by atoms with Gasteiger partial charge in [-0.1, -0.05) is 35.4 Å². The van der Waals surface area contributed by atoms with E-state index in [1.165, 1.54) is 16.8 Å². The van der Waals surface area contributed by atoms with E-state index in [2.05, 4.69) is 43.1 Å².